The Kier molecular flexibility index (Phi) is 7.25. The van der Waals surface area contributed by atoms with Crippen molar-refractivity contribution in [2.45, 2.75) is 31.1 Å². The first-order chi connectivity index (χ1) is 18.9. The minimum atomic E-state index is -2.23. The summed E-state index contributed by atoms with van der Waals surface area (Å²) in [5.74, 6) is -4.06. The third-order valence-electron chi connectivity index (χ3n) is 7.33. The van der Waals surface area contributed by atoms with Gasteiger partial charge >= 0.3 is 5.97 Å². The van der Waals surface area contributed by atoms with Crippen LogP contribution in [0, 0.1) is 17.5 Å². The first kappa shape index (κ1) is 26.2. The fraction of sp³-hybridized carbons (Fsp3) is 0.147. The Morgan fingerprint density at radius 1 is 0.718 bits per heavy atom. The van der Waals surface area contributed by atoms with E-state index in [0.29, 0.717) is 0 Å². The van der Waals surface area contributed by atoms with Gasteiger partial charge in [-0.3, -0.25) is 4.79 Å². The Bertz CT molecular complexity index is 1520. The van der Waals surface area contributed by atoms with E-state index in [0.717, 1.165) is 30.0 Å². The minimum Gasteiger partial charge on any atom is -0.480 e. The van der Waals surface area contributed by atoms with Crippen molar-refractivity contribution in [3.05, 3.63) is 154 Å². The second-order valence-corrected chi connectivity index (χ2v) is 9.67. The molecule has 1 N–H and O–H groups in total. The quantitative estimate of drug-likeness (QED) is 0.264. The number of carboxylic acids is 1. The molecule has 5 rings (SSSR count). The first-order valence-corrected chi connectivity index (χ1v) is 12.9. The van der Waals surface area contributed by atoms with Crippen molar-refractivity contribution in [3.8, 4) is 0 Å². The number of benzene rings is 4. The zero-order chi connectivity index (χ0) is 27.6. The van der Waals surface area contributed by atoms with Gasteiger partial charge in [0, 0.05) is 22.6 Å². The van der Waals surface area contributed by atoms with Crippen LogP contribution in [-0.4, -0.2) is 11.1 Å². The standard InChI is InChI=1S/C34H27F3O2/c1-2-9-22-16-18-23(19-17-22)24-20-28(25-10-3-6-13-30(25)35)34(33(38)39,27-12-5-8-15-32(27)37)29(21-24)26-11-4-7-14-31(26)36/h3-8,10-21,24H,2,9H2,1H3,(H,38,39). The fourth-order valence-corrected chi connectivity index (χ4v) is 5.53. The van der Waals surface area contributed by atoms with Gasteiger partial charge in [0.1, 0.15) is 22.9 Å². The lowest BCUT2D eigenvalue weighted by Gasteiger charge is -2.40. The zero-order valence-electron chi connectivity index (χ0n) is 21.4. The monoisotopic (exact) mass is 524 g/mol. The summed E-state index contributed by atoms with van der Waals surface area (Å²) in [7, 11) is 0. The number of hydrogen-bond acceptors (Lipinski definition) is 1. The lowest BCUT2D eigenvalue weighted by Crippen LogP contribution is -2.41. The third-order valence-corrected chi connectivity index (χ3v) is 7.33. The van der Waals surface area contributed by atoms with Crippen molar-refractivity contribution in [1.82, 2.24) is 0 Å². The van der Waals surface area contributed by atoms with E-state index < -0.39 is 34.8 Å². The number of rotatable bonds is 7. The molecular weight excluding hydrogens is 497 g/mol. The molecule has 0 aromatic heterocycles. The largest absolute Gasteiger partial charge is 0.480 e. The molecule has 0 saturated carbocycles. The summed E-state index contributed by atoms with van der Waals surface area (Å²) >= 11 is 0. The van der Waals surface area contributed by atoms with Gasteiger partial charge in [0.15, 0.2) is 0 Å². The highest BCUT2D eigenvalue weighted by atomic mass is 19.1. The Labute approximate surface area is 225 Å². The van der Waals surface area contributed by atoms with Crippen molar-refractivity contribution in [2.75, 3.05) is 0 Å². The van der Waals surface area contributed by atoms with Gasteiger partial charge < -0.3 is 5.11 Å². The predicted octanol–water partition coefficient (Wildman–Crippen LogP) is 8.34. The smallest absolute Gasteiger partial charge is 0.323 e. The average molecular weight is 525 g/mol. The molecule has 5 heteroatoms. The van der Waals surface area contributed by atoms with Gasteiger partial charge in [-0.2, -0.15) is 0 Å². The van der Waals surface area contributed by atoms with Gasteiger partial charge in [-0.1, -0.05) is 104 Å². The van der Waals surface area contributed by atoms with Crippen LogP contribution in [0.2, 0.25) is 0 Å². The number of allylic oxidation sites excluding steroid dienone is 2. The second-order valence-electron chi connectivity index (χ2n) is 9.67. The fourth-order valence-electron chi connectivity index (χ4n) is 5.53. The highest BCUT2D eigenvalue weighted by molar-refractivity contribution is 6.13. The maximum Gasteiger partial charge on any atom is 0.323 e. The molecular formula is C34H27F3O2. The van der Waals surface area contributed by atoms with Crippen molar-refractivity contribution < 1.29 is 23.1 Å². The molecule has 0 bridgehead atoms. The summed E-state index contributed by atoms with van der Waals surface area (Å²) in [5.41, 5.74) is -0.337. The highest BCUT2D eigenvalue weighted by Gasteiger charge is 2.52. The number of carboxylic acid groups (broad SMARTS) is 1. The van der Waals surface area contributed by atoms with E-state index >= 15 is 13.2 Å². The van der Waals surface area contributed by atoms with Crippen molar-refractivity contribution >= 4 is 17.1 Å². The number of halogens is 3. The van der Waals surface area contributed by atoms with Crippen LogP contribution in [0.1, 0.15) is 47.1 Å². The Morgan fingerprint density at radius 2 is 1.21 bits per heavy atom. The van der Waals surface area contributed by atoms with E-state index in [2.05, 4.69) is 6.92 Å². The highest BCUT2D eigenvalue weighted by Crippen LogP contribution is 2.54. The van der Waals surface area contributed by atoms with Crippen LogP contribution in [0.3, 0.4) is 0 Å². The lowest BCUT2D eigenvalue weighted by molar-refractivity contribution is -0.139. The molecule has 196 valence electrons. The average Bonchev–Trinajstić information content (AvgIpc) is 2.94. The molecule has 1 aliphatic carbocycles. The van der Waals surface area contributed by atoms with Crippen LogP contribution >= 0.6 is 0 Å². The summed E-state index contributed by atoms with van der Waals surface area (Å²) in [6.07, 6.45) is 5.23. The van der Waals surface area contributed by atoms with Crippen LogP contribution in [0.5, 0.6) is 0 Å². The van der Waals surface area contributed by atoms with Crippen molar-refractivity contribution in [2.24, 2.45) is 0 Å². The van der Waals surface area contributed by atoms with Gasteiger partial charge in [0.05, 0.1) is 0 Å². The first-order valence-electron chi connectivity index (χ1n) is 12.9. The minimum absolute atomic E-state index is 0.0118. The third kappa shape index (κ3) is 4.59. The summed E-state index contributed by atoms with van der Waals surface area (Å²) in [6.45, 7) is 2.09. The molecule has 0 spiro atoms. The van der Waals surface area contributed by atoms with Crippen LogP contribution in [-0.2, 0) is 16.6 Å². The van der Waals surface area contributed by atoms with Gasteiger partial charge in [0.25, 0.3) is 0 Å². The predicted molar refractivity (Wildman–Crippen MR) is 148 cm³/mol. The summed E-state index contributed by atoms with van der Waals surface area (Å²) in [5, 5.41) is 11.0. The number of hydrogen-bond donors (Lipinski definition) is 1. The van der Waals surface area contributed by atoms with E-state index in [1.54, 1.807) is 24.3 Å². The van der Waals surface area contributed by atoms with Crippen LogP contribution < -0.4 is 0 Å². The molecule has 4 aromatic carbocycles. The van der Waals surface area contributed by atoms with Gasteiger partial charge in [0.2, 0.25) is 0 Å². The molecule has 0 radical (unpaired) electrons. The van der Waals surface area contributed by atoms with Gasteiger partial charge in [-0.25, -0.2) is 13.2 Å². The molecule has 0 amide bonds. The lowest BCUT2D eigenvalue weighted by atomic mass is 9.60. The SMILES string of the molecule is CCCc1ccc(C2C=C(c3ccccc3F)C(C(=O)O)(c3ccccc3F)C(c3ccccc3F)=C2)cc1. The summed E-state index contributed by atoms with van der Waals surface area (Å²) < 4.78 is 46.5. The maximum atomic E-state index is 15.6. The van der Waals surface area contributed by atoms with E-state index in [4.69, 9.17) is 0 Å². The molecule has 4 aromatic rings. The molecule has 39 heavy (non-hydrogen) atoms. The van der Waals surface area contributed by atoms with Gasteiger partial charge in [-0.15, -0.1) is 0 Å². The molecule has 0 fully saturated rings. The summed E-state index contributed by atoms with van der Waals surface area (Å²) in [4.78, 5) is 13.5. The molecule has 0 saturated heterocycles. The Hall–Kier alpha value is -4.38. The molecule has 0 unspecified atom stereocenters. The van der Waals surface area contributed by atoms with Crippen molar-refractivity contribution in [1.29, 1.82) is 0 Å². The number of carbonyl (C=O) groups is 1. The van der Waals surface area contributed by atoms with E-state index in [1.807, 2.05) is 24.3 Å². The summed E-state index contributed by atoms with van der Waals surface area (Å²) in [6, 6.07) is 25.0. The van der Waals surface area contributed by atoms with Crippen molar-refractivity contribution in [3.63, 3.8) is 0 Å². The van der Waals surface area contributed by atoms with Gasteiger partial charge in [-0.05, 0) is 46.9 Å². The Balaban J connectivity index is 1.88. The molecule has 0 aliphatic heterocycles. The maximum absolute atomic E-state index is 15.6. The van der Waals surface area contributed by atoms with E-state index in [1.165, 1.54) is 54.6 Å². The molecule has 2 nitrogen and oxygen atoms in total. The molecule has 1 aliphatic rings. The molecule has 0 heterocycles. The van der Waals surface area contributed by atoms with Crippen LogP contribution in [0.4, 0.5) is 13.2 Å². The number of aryl methyl sites for hydroxylation is 1. The Morgan fingerprint density at radius 3 is 1.67 bits per heavy atom. The van der Waals surface area contributed by atoms with E-state index in [-0.39, 0.29) is 27.8 Å². The normalized spacial score (nSPS) is 18.8. The van der Waals surface area contributed by atoms with Crippen LogP contribution in [0.15, 0.2) is 109 Å². The zero-order valence-corrected chi connectivity index (χ0v) is 21.4. The molecule has 0 atom stereocenters. The topological polar surface area (TPSA) is 37.3 Å². The van der Waals surface area contributed by atoms with E-state index in [9.17, 15) is 9.90 Å². The number of aliphatic carboxylic acids is 1. The van der Waals surface area contributed by atoms with Crippen LogP contribution in [0.25, 0.3) is 11.1 Å². The second kappa shape index (κ2) is 10.8.